The first-order valence-corrected chi connectivity index (χ1v) is 8.28. The van der Waals surface area contributed by atoms with E-state index in [1.165, 1.54) is 23.0 Å². The molecule has 0 amide bonds. The van der Waals surface area contributed by atoms with Crippen LogP contribution in [0.3, 0.4) is 0 Å². The van der Waals surface area contributed by atoms with Crippen LogP contribution in [0, 0.1) is 0 Å². The van der Waals surface area contributed by atoms with E-state index in [0.717, 1.165) is 49.0 Å². The molecule has 0 saturated heterocycles. The van der Waals surface area contributed by atoms with Crippen LogP contribution in [0.5, 0.6) is 0 Å². The van der Waals surface area contributed by atoms with Crippen molar-refractivity contribution in [2.75, 3.05) is 7.11 Å². The van der Waals surface area contributed by atoms with E-state index >= 15 is 0 Å². The predicted octanol–water partition coefficient (Wildman–Crippen LogP) is 6.09. The van der Waals surface area contributed by atoms with Crippen LogP contribution in [0.2, 0.25) is 0 Å². The Morgan fingerprint density at radius 1 is 1.27 bits per heavy atom. The summed E-state index contributed by atoms with van der Waals surface area (Å²) in [7, 11) is 1.78. The standard InChI is InChI=1S/C20H24O2/c1-3-4-12-18(19(21-2)15-9-5-6-10-15)20-17-13-8-7-11-16(17)14-22-20/h7-9,11,13-14H,3-6,10,12H2,1-2H3/b19-18-. The molecule has 116 valence electrons. The number of hydrogen-bond acceptors (Lipinski definition) is 2. The lowest BCUT2D eigenvalue weighted by Gasteiger charge is -2.14. The Balaban J connectivity index is 2.12. The summed E-state index contributed by atoms with van der Waals surface area (Å²) in [5, 5.41) is 2.34. The highest BCUT2D eigenvalue weighted by atomic mass is 16.5. The average molecular weight is 296 g/mol. The molecule has 0 saturated carbocycles. The van der Waals surface area contributed by atoms with E-state index in [2.05, 4.69) is 31.2 Å². The summed E-state index contributed by atoms with van der Waals surface area (Å²) in [6.45, 7) is 2.22. The molecule has 0 spiro atoms. The van der Waals surface area contributed by atoms with Crippen LogP contribution in [-0.4, -0.2) is 7.11 Å². The van der Waals surface area contributed by atoms with Gasteiger partial charge in [-0.25, -0.2) is 0 Å². The van der Waals surface area contributed by atoms with E-state index in [1.54, 1.807) is 7.11 Å². The molecule has 0 N–H and O–H groups in total. The number of hydrogen-bond donors (Lipinski definition) is 0. The second kappa shape index (κ2) is 6.87. The van der Waals surface area contributed by atoms with Crippen molar-refractivity contribution in [3.8, 4) is 0 Å². The minimum Gasteiger partial charge on any atom is -0.496 e. The third-order valence-electron chi connectivity index (χ3n) is 4.37. The molecule has 2 aromatic rings. The van der Waals surface area contributed by atoms with E-state index in [0.29, 0.717) is 0 Å². The quantitative estimate of drug-likeness (QED) is 0.602. The minimum atomic E-state index is 0.980. The van der Waals surface area contributed by atoms with Crippen molar-refractivity contribution in [3.63, 3.8) is 0 Å². The highest BCUT2D eigenvalue weighted by molar-refractivity contribution is 5.92. The van der Waals surface area contributed by atoms with E-state index in [-0.39, 0.29) is 0 Å². The van der Waals surface area contributed by atoms with E-state index < -0.39 is 0 Å². The molecule has 0 atom stereocenters. The fourth-order valence-electron chi connectivity index (χ4n) is 3.24. The maximum atomic E-state index is 5.95. The summed E-state index contributed by atoms with van der Waals surface area (Å²) in [5.74, 6) is 2.01. The molecule has 1 aromatic carbocycles. The number of furan rings is 1. The van der Waals surface area contributed by atoms with Crippen molar-refractivity contribution in [1.29, 1.82) is 0 Å². The molecule has 0 radical (unpaired) electrons. The lowest BCUT2D eigenvalue weighted by atomic mass is 9.98. The summed E-state index contributed by atoms with van der Waals surface area (Å²) in [5.41, 5.74) is 2.56. The Kier molecular flexibility index (Phi) is 4.67. The first kappa shape index (κ1) is 15.0. The van der Waals surface area contributed by atoms with E-state index in [9.17, 15) is 0 Å². The Morgan fingerprint density at radius 2 is 2.14 bits per heavy atom. The zero-order chi connectivity index (χ0) is 15.4. The second-order valence-corrected chi connectivity index (χ2v) is 5.89. The molecule has 2 heteroatoms. The normalized spacial score (nSPS) is 15.8. The lowest BCUT2D eigenvalue weighted by Crippen LogP contribution is -1.98. The molecule has 0 aliphatic heterocycles. The van der Waals surface area contributed by atoms with Gasteiger partial charge in [-0.15, -0.1) is 0 Å². The maximum Gasteiger partial charge on any atom is 0.141 e. The van der Waals surface area contributed by atoms with Crippen LogP contribution < -0.4 is 0 Å². The Labute approximate surface area is 132 Å². The number of allylic oxidation sites excluding steroid dienone is 3. The Hall–Kier alpha value is -1.96. The smallest absolute Gasteiger partial charge is 0.141 e. The van der Waals surface area contributed by atoms with Crippen LogP contribution in [0.15, 0.2) is 52.4 Å². The van der Waals surface area contributed by atoms with Crippen molar-refractivity contribution >= 4 is 16.3 Å². The number of unbranched alkanes of at least 4 members (excludes halogenated alkanes) is 1. The van der Waals surface area contributed by atoms with Gasteiger partial charge < -0.3 is 9.15 Å². The van der Waals surface area contributed by atoms with Gasteiger partial charge in [0.2, 0.25) is 0 Å². The summed E-state index contributed by atoms with van der Waals surface area (Å²) in [4.78, 5) is 0. The van der Waals surface area contributed by atoms with Crippen molar-refractivity contribution in [2.24, 2.45) is 0 Å². The number of benzene rings is 1. The highest BCUT2D eigenvalue weighted by Gasteiger charge is 2.20. The molecule has 2 nitrogen and oxygen atoms in total. The van der Waals surface area contributed by atoms with Crippen molar-refractivity contribution in [3.05, 3.63) is 53.7 Å². The molecule has 1 aliphatic carbocycles. The van der Waals surface area contributed by atoms with Gasteiger partial charge in [-0.1, -0.05) is 43.7 Å². The van der Waals surface area contributed by atoms with Crippen LogP contribution in [-0.2, 0) is 4.74 Å². The largest absolute Gasteiger partial charge is 0.496 e. The van der Waals surface area contributed by atoms with Gasteiger partial charge in [0.05, 0.1) is 13.4 Å². The van der Waals surface area contributed by atoms with E-state index in [4.69, 9.17) is 9.15 Å². The van der Waals surface area contributed by atoms with Gasteiger partial charge in [-0.2, -0.15) is 0 Å². The van der Waals surface area contributed by atoms with Gasteiger partial charge in [-0.3, -0.25) is 0 Å². The monoisotopic (exact) mass is 296 g/mol. The molecular formula is C20H24O2. The van der Waals surface area contributed by atoms with E-state index in [1.807, 2.05) is 12.3 Å². The van der Waals surface area contributed by atoms with Gasteiger partial charge in [-0.05, 0) is 37.7 Å². The summed E-state index contributed by atoms with van der Waals surface area (Å²) in [6.07, 6.45) is 11.0. The molecule has 0 bridgehead atoms. The maximum absolute atomic E-state index is 5.95. The number of rotatable bonds is 6. The number of fused-ring (bicyclic) bond motifs is 1. The third kappa shape index (κ3) is 2.83. The first-order chi connectivity index (χ1) is 10.8. The number of ether oxygens (including phenoxy) is 1. The fraction of sp³-hybridized carbons (Fsp3) is 0.400. The minimum absolute atomic E-state index is 0.980. The van der Waals surface area contributed by atoms with Crippen molar-refractivity contribution < 1.29 is 9.15 Å². The molecule has 0 fully saturated rings. The average Bonchev–Trinajstić information content (AvgIpc) is 3.21. The highest BCUT2D eigenvalue weighted by Crippen LogP contribution is 2.37. The Morgan fingerprint density at radius 3 is 2.86 bits per heavy atom. The first-order valence-electron chi connectivity index (χ1n) is 8.28. The molecular weight excluding hydrogens is 272 g/mol. The van der Waals surface area contributed by atoms with Crippen molar-refractivity contribution in [1.82, 2.24) is 0 Å². The second-order valence-electron chi connectivity index (χ2n) is 5.89. The van der Waals surface area contributed by atoms with Gasteiger partial charge in [0.1, 0.15) is 11.5 Å². The Bertz CT molecular complexity index is 703. The molecule has 1 heterocycles. The molecule has 22 heavy (non-hydrogen) atoms. The summed E-state index contributed by atoms with van der Waals surface area (Å²) < 4.78 is 11.8. The molecule has 3 rings (SSSR count). The topological polar surface area (TPSA) is 22.4 Å². The predicted molar refractivity (Wildman–Crippen MR) is 91.6 cm³/mol. The van der Waals surface area contributed by atoms with Gasteiger partial charge in [0.15, 0.2) is 0 Å². The van der Waals surface area contributed by atoms with Gasteiger partial charge >= 0.3 is 0 Å². The fourth-order valence-corrected chi connectivity index (χ4v) is 3.24. The lowest BCUT2D eigenvalue weighted by molar-refractivity contribution is 0.299. The SMILES string of the molecule is CCCC/C(=C(/OC)C1=CCCC1)c1occ2ccccc12. The van der Waals surface area contributed by atoms with Crippen LogP contribution in [0.4, 0.5) is 0 Å². The number of methoxy groups -OCH3 is 1. The summed E-state index contributed by atoms with van der Waals surface area (Å²) in [6, 6.07) is 8.35. The zero-order valence-corrected chi connectivity index (χ0v) is 13.5. The van der Waals surface area contributed by atoms with Gasteiger partial charge in [0, 0.05) is 16.3 Å². The molecule has 1 aromatic heterocycles. The summed E-state index contributed by atoms with van der Waals surface area (Å²) >= 11 is 0. The van der Waals surface area contributed by atoms with Crippen LogP contribution in [0.1, 0.15) is 51.2 Å². The van der Waals surface area contributed by atoms with Crippen molar-refractivity contribution in [2.45, 2.75) is 45.4 Å². The van der Waals surface area contributed by atoms with Crippen LogP contribution >= 0.6 is 0 Å². The van der Waals surface area contributed by atoms with Gasteiger partial charge in [0.25, 0.3) is 0 Å². The third-order valence-corrected chi connectivity index (χ3v) is 4.37. The van der Waals surface area contributed by atoms with Crippen LogP contribution in [0.25, 0.3) is 16.3 Å². The molecule has 0 unspecified atom stereocenters. The zero-order valence-electron chi connectivity index (χ0n) is 13.5. The molecule has 1 aliphatic rings.